The summed E-state index contributed by atoms with van der Waals surface area (Å²) in [5.41, 5.74) is 3.70. The molecule has 0 atom stereocenters. The van der Waals surface area contributed by atoms with E-state index in [9.17, 15) is 5.11 Å². The molecule has 134 valence electrons. The van der Waals surface area contributed by atoms with Crippen LogP contribution in [0.5, 0.6) is 0 Å². The summed E-state index contributed by atoms with van der Waals surface area (Å²) in [4.78, 5) is 4.51. The Morgan fingerprint density at radius 2 is 1.14 bits per heavy atom. The molecule has 0 bridgehead atoms. The molecule has 3 aromatic carbocycles. The molecule has 0 aliphatic heterocycles. The Morgan fingerprint density at radius 3 is 1.54 bits per heavy atom. The second-order valence-electron chi connectivity index (χ2n) is 6.53. The Labute approximate surface area is 188 Å². The minimum Gasteiger partial charge on any atom is -0.854 e. The molecule has 0 unspecified atom stereocenters. The van der Waals surface area contributed by atoms with Crippen molar-refractivity contribution in [3.05, 3.63) is 126 Å². The van der Waals surface area contributed by atoms with Gasteiger partial charge in [0.05, 0.1) is 12.0 Å². The van der Waals surface area contributed by atoms with Crippen molar-refractivity contribution in [3.8, 4) is 0 Å². The quantitative estimate of drug-likeness (QED) is 0.366. The van der Waals surface area contributed by atoms with Gasteiger partial charge in [0.1, 0.15) is 5.54 Å². The van der Waals surface area contributed by atoms with Crippen molar-refractivity contribution in [1.82, 2.24) is 9.55 Å². The minimum atomic E-state index is -0.558. The van der Waals surface area contributed by atoms with E-state index in [1.54, 1.807) is 0 Å². The number of benzene rings is 3. The van der Waals surface area contributed by atoms with Crippen LogP contribution in [0.3, 0.4) is 0 Å². The van der Waals surface area contributed by atoms with Gasteiger partial charge in [0.15, 0.2) is 0 Å². The van der Waals surface area contributed by atoms with E-state index in [1.807, 2.05) is 30.7 Å². The smallest absolute Gasteiger partial charge is 0.854 e. The zero-order valence-electron chi connectivity index (χ0n) is 16.0. The number of hydrogen-bond donors (Lipinski definition) is 0. The summed E-state index contributed by atoms with van der Waals surface area (Å²) in [5, 5.41) is 11.1. The number of nitrogens with zero attached hydrogens (tertiary/aromatic N) is 2. The summed E-state index contributed by atoms with van der Waals surface area (Å²) in [6.45, 7) is -0.161. The van der Waals surface area contributed by atoms with E-state index in [4.69, 9.17) is 0 Å². The van der Waals surface area contributed by atoms with Gasteiger partial charge in [-0.25, -0.2) is 4.98 Å². The monoisotopic (exact) mass is 376 g/mol. The van der Waals surface area contributed by atoms with Crippen LogP contribution in [0.15, 0.2) is 104 Å². The third kappa shape index (κ3) is 3.71. The molecule has 1 heterocycles. The maximum Gasteiger partial charge on any atom is 1.00 e. The van der Waals surface area contributed by atoms with Crippen molar-refractivity contribution in [2.45, 2.75) is 12.0 Å². The first-order chi connectivity index (χ1) is 13.4. The van der Waals surface area contributed by atoms with Gasteiger partial charge in [0.2, 0.25) is 0 Å². The molecule has 0 N–H and O–H groups in total. The zero-order chi connectivity index (χ0) is 18.5. The van der Waals surface area contributed by atoms with Gasteiger partial charge < -0.3 is 9.67 Å². The number of imidazole rings is 1. The average molecular weight is 376 g/mol. The molecular formula is C24H21N2NaO. The normalized spacial score (nSPS) is 11.0. The summed E-state index contributed by atoms with van der Waals surface area (Å²) >= 11 is 0. The fourth-order valence-corrected chi connectivity index (χ4v) is 3.77. The predicted octanol–water partition coefficient (Wildman–Crippen LogP) is 0.630. The van der Waals surface area contributed by atoms with Gasteiger partial charge in [-0.15, -0.1) is 6.61 Å². The Bertz CT molecular complexity index is 888. The first-order valence-corrected chi connectivity index (χ1v) is 9.13. The van der Waals surface area contributed by atoms with Gasteiger partial charge in [0.25, 0.3) is 0 Å². The molecule has 0 saturated carbocycles. The molecule has 0 fully saturated rings. The maximum atomic E-state index is 11.1. The standard InChI is InChI=1S/C24H21N2O.Na/c27-17-16-23-18-26(19-25-23)24(20-10-4-1-5-11-20,21-12-6-2-7-13-21)22-14-8-3-9-15-22;/h1-15,18-19H,16-17H2;/q-1;+1. The zero-order valence-corrected chi connectivity index (χ0v) is 18.0. The van der Waals surface area contributed by atoms with Crippen molar-refractivity contribution in [2.75, 3.05) is 6.61 Å². The molecule has 4 aromatic rings. The van der Waals surface area contributed by atoms with Crippen molar-refractivity contribution >= 4 is 0 Å². The van der Waals surface area contributed by atoms with Crippen molar-refractivity contribution in [3.63, 3.8) is 0 Å². The third-order valence-corrected chi connectivity index (χ3v) is 4.96. The van der Waals surface area contributed by atoms with Crippen molar-refractivity contribution in [1.29, 1.82) is 0 Å². The van der Waals surface area contributed by atoms with Gasteiger partial charge in [-0.05, 0) is 23.1 Å². The van der Waals surface area contributed by atoms with Crippen LogP contribution in [0.2, 0.25) is 0 Å². The van der Waals surface area contributed by atoms with Crippen LogP contribution in [-0.4, -0.2) is 16.2 Å². The van der Waals surface area contributed by atoms with Gasteiger partial charge in [-0.1, -0.05) is 91.0 Å². The molecular weight excluding hydrogens is 355 g/mol. The van der Waals surface area contributed by atoms with Gasteiger partial charge in [-0.2, -0.15) is 0 Å². The molecule has 0 amide bonds. The molecule has 0 aliphatic carbocycles. The van der Waals surface area contributed by atoms with Crippen LogP contribution in [0.1, 0.15) is 22.4 Å². The van der Waals surface area contributed by atoms with E-state index < -0.39 is 5.54 Å². The summed E-state index contributed by atoms with van der Waals surface area (Å²) < 4.78 is 2.14. The summed E-state index contributed by atoms with van der Waals surface area (Å²) in [5.74, 6) is 0. The Balaban J connectivity index is 0.00000225. The molecule has 0 aliphatic rings. The molecule has 4 heteroatoms. The van der Waals surface area contributed by atoms with Crippen LogP contribution in [0, 0.1) is 0 Å². The Morgan fingerprint density at radius 1 is 0.714 bits per heavy atom. The largest absolute Gasteiger partial charge is 1.00 e. The summed E-state index contributed by atoms with van der Waals surface area (Å²) in [7, 11) is 0. The number of hydrogen-bond acceptors (Lipinski definition) is 2. The van der Waals surface area contributed by atoms with E-state index >= 15 is 0 Å². The van der Waals surface area contributed by atoms with E-state index in [0.717, 1.165) is 22.4 Å². The molecule has 4 rings (SSSR count). The molecule has 1 aromatic heterocycles. The summed E-state index contributed by atoms with van der Waals surface area (Å²) in [6, 6.07) is 31.3. The molecule has 0 saturated heterocycles. The van der Waals surface area contributed by atoms with E-state index in [1.165, 1.54) is 0 Å². The fraction of sp³-hybridized carbons (Fsp3) is 0.125. The van der Waals surface area contributed by atoms with Crippen LogP contribution >= 0.6 is 0 Å². The maximum absolute atomic E-state index is 11.1. The van der Waals surface area contributed by atoms with Crippen molar-refractivity contribution < 1.29 is 34.7 Å². The number of aromatic nitrogens is 2. The second kappa shape index (κ2) is 9.35. The van der Waals surface area contributed by atoms with E-state index in [0.29, 0.717) is 6.42 Å². The van der Waals surface area contributed by atoms with Gasteiger partial charge in [0, 0.05) is 6.20 Å². The van der Waals surface area contributed by atoms with Gasteiger partial charge in [-0.3, -0.25) is 0 Å². The van der Waals surface area contributed by atoms with Crippen LogP contribution in [-0.2, 0) is 12.0 Å². The predicted molar refractivity (Wildman–Crippen MR) is 105 cm³/mol. The van der Waals surface area contributed by atoms with Crippen LogP contribution in [0.25, 0.3) is 0 Å². The topological polar surface area (TPSA) is 40.9 Å². The third-order valence-electron chi connectivity index (χ3n) is 4.96. The SMILES string of the molecule is [Na+].[O-]CCc1cn(C(c2ccccc2)(c2ccccc2)c2ccccc2)cn1. The average Bonchev–Trinajstić information content (AvgIpc) is 3.20. The molecule has 0 spiro atoms. The van der Waals surface area contributed by atoms with Gasteiger partial charge >= 0.3 is 29.6 Å². The van der Waals surface area contributed by atoms with Crippen LogP contribution in [0.4, 0.5) is 0 Å². The fourth-order valence-electron chi connectivity index (χ4n) is 3.77. The van der Waals surface area contributed by atoms with Crippen molar-refractivity contribution in [2.24, 2.45) is 0 Å². The molecule has 28 heavy (non-hydrogen) atoms. The molecule has 3 nitrogen and oxygen atoms in total. The first kappa shape index (κ1) is 20.6. The van der Waals surface area contributed by atoms with E-state index in [-0.39, 0.29) is 36.2 Å². The van der Waals surface area contributed by atoms with Crippen LogP contribution < -0.4 is 34.7 Å². The Kier molecular flexibility index (Phi) is 6.87. The second-order valence-corrected chi connectivity index (χ2v) is 6.53. The number of rotatable bonds is 6. The minimum absolute atomic E-state index is 0. The van der Waals surface area contributed by atoms with E-state index in [2.05, 4.69) is 82.3 Å². The molecule has 0 radical (unpaired) electrons. The summed E-state index contributed by atoms with van der Waals surface area (Å²) in [6.07, 6.45) is 4.28. The first-order valence-electron chi connectivity index (χ1n) is 9.13. The Hall–Kier alpha value is -2.17.